The summed E-state index contributed by atoms with van der Waals surface area (Å²) in [6, 6.07) is 9.52. The number of nitrogens with zero attached hydrogens (tertiary/aromatic N) is 2. The van der Waals surface area contributed by atoms with Gasteiger partial charge in [-0.3, -0.25) is 18.7 Å². The van der Waals surface area contributed by atoms with Gasteiger partial charge in [-0.2, -0.15) is 0 Å². The highest BCUT2D eigenvalue weighted by Crippen LogP contribution is 2.16. The first-order valence-electron chi connectivity index (χ1n) is 10.1. The zero-order valence-corrected chi connectivity index (χ0v) is 17.8. The summed E-state index contributed by atoms with van der Waals surface area (Å²) in [5, 5.41) is 4.63. The molecule has 0 aliphatic carbocycles. The summed E-state index contributed by atoms with van der Waals surface area (Å²) in [6.07, 6.45) is 4.92. The van der Waals surface area contributed by atoms with Crippen molar-refractivity contribution in [1.82, 2.24) is 9.13 Å². The zero-order valence-electron chi connectivity index (χ0n) is 16.9. The maximum absolute atomic E-state index is 12.9. The number of carbonyl (C=O) groups excluding carboxylic acids is 1. The Morgan fingerprint density at radius 1 is 1.00 bits per heavy atom. The van der Waals surface area contributed by atoms with Crippen LogP contribution >= 0.6 is 11.3 Å². The number of rotatable bonds is 9. The summed E-state index contributed by atoms with van der Waals surface area (Å²) >= 11 is 1.30. The van der Waals surface area contributed by atoms with Crippen molar-refractivity contribution in [2.75, 3.05) is 5.32 Å². The average Bonchev–Trinajstić information content (AvgIpc) is 3.21. The molecule has 154 valence electrons. The fourth-order valence-electron chi connectivity index (χ4n) is 3.28. The van der Waals surface area contributed by atoms with Gasteiger partial charge in [0.2, 0.25) is 5.91 Å². The lowest BCUT2D eigenvalue weighted by molar-refractivity contribution is -0.116. The van der Waals surface area contributed by atoms with Gasteiger partial charge in [0.25, 0.3) is 5.56 Å². The van der Waals surface area contributed by atoms with Gasteiger partial charge < -0.3 is 5.32 Å². The Labute approximate surface area is 173 Å². The summed E-state index contributed by atoms with van der Waals surface area (Å²) < 4.78 is 3.15. The third-order valence-corrected chi connectivity index (χ3v) is 5.82. The van der Waals surface area contributed by atoms with Gasteiger partial charge in [-0.25, -0.2) is 4.79 Å². The number of hydrogen-bond donors (Lipinski definition) is 1. The van der Waals surface area contributed by atoms with Gasteiger partial charge in [0.15, 0.2) is 0 Å². The van der Waals surface area contributed by atoms with Gasteiger partial charge in [-0.15, -0.1) is 11.3 Å². The van der Waals surface area contributed by atoms with Crippen LogP contribution < -0.4 is 16.6 Å². The maximum Gasteiger partial charge on any atom is 0.332 e. The topological polar surface area (TPSA) is 73.1 Å². The van der Waals surface area contributed by atoms with Crippen molar-refractivity contribution in [3.05, 3.63) is 62.1 Å². The molecule has 1 amide bonds. The van der Waals surface area contributed by atoms with Gasteiger partial charge >= 0.3 is 5.69 Å². The molecule has 2 heterocycles. The highest BCUT2D eigenvalue weighted by atomic mass is 32.1. The van der Waals surface area contributed by atoms with Gasteiger partial charge in [0.05, 0.1) is 5.52 Å². The van der Waals surface area contributed by atoms with Crippen LogP contribution in [0.2, 0.25) is 0 Å². The van der Waals surface area contributed by atoms with Crippen LogP contribution in [0.1, 0.15) is 45.1 Å². The van der Waals surface area contributed by atoms with Crippen LogP contribution in [0.4, 0.5) is 5.69 Å². The van der Waals surface area contributed by atoms with Crippen LogP contribution in [-0.4, -0.2) is 15.0 Å². The molecule has 2 aromatic heterocycles. The van der Waals surface area contributed by atoms with Gasteiger partial charge in [0.1, 0.15) is 11.2 Å². The third-order valence-electron chi connectivity index (χ3n) is 4.93. The van der Waals surface area contributed by atoms with E-state index < -0.39 is 5.69 Å². The largest absolute Gasteiger partial charge is 0.332 e. The molecule has 0 bridgehead atoms. The summed E-state index contributed by atoms with van der Waals surface area (Å²) in [5.74, 6) is -0.290. The fraction of sp³-hybridized carbons (Fsp3) is 0.409. The molecule has 0 fully saturated rings. The average molecular weight is 414 g/mol. The Bertz CT molecular complexity index is 1090. The highest BCUT2D eigenvalue weighted by molar-refractivity contribution is 7.17. The predicted molar refractivity (Wildman–Crippen MR) is 119 cm³/mol. The minimum Gasteiger partial charge on any atom is -0.325 e. The number of nitrogens with one attached hydrogen (secondary N) is 1. The number of aromatic nitrogens is 2. The lowest BCUT2D eigenvalue weighted by atomic mass is 10.1. The SMILES string of the molecule is CCCCc1ccc(NC(=O)Cn2c(=O)n(CCCC)c(=O)c3sccc32)cc1. The van der Waals surface area contributed by atoms with Gasteiger partial charge in [-0.05, 0) is 48.4 Å². The van der Waals surface area contributed by atoms with Crippen molar-refractivity contribution in [3.8, 4) is 0 Å². The Hall–Kier alpha value is -2.67. The molecule has 3 aromatic rings. The highest BCUT2D eigenvalue weighted by Gasteiger charge is 2.16. The first-order valence-corrected chi connectivity index (χ1v) is 11.0. The molecule has 3 rings (SSSR count). The molecule has 0 radical (unpaired) electrons. The normalized spacial score (nSPS) is 11.1. The zero-order chi connectivity index (χ0) is 20.8. The maximum atomic E-state index is 12.9. The fourth-order valence-corrected chi connectivity index (χ4v) is 4.12. The number of fused-ring (bicyclic) bond motifs is 1. The van der Waals surface area contributed by atoms with Crippen LogP contribution in [0, 0.1) is 0 Å². The van der Waals surface area contributed by atoms with E-state index in [0.717, 1.165) is 32.1 Å². The van der Waals surface area contributed by atoms with E-state index in [1.807, 2.05) is 31.2 Å². The van der Waals surface area contributed by atoms with E-state index >= 15 is 0 Å². The molecule has 7 heteroatoms. The molecule has 0 atom stereocenters. The van der Waals surface area contributed by atoms with E-state index in [4.69, 9.17) is 0 Å². The van der Waals surface area contributed by atoms with E-state index in [-0.39, 0.29) is 18.0 Å². The third kappa shape index (κ3) is 4.85. The quantitative estimate of drug-likeness (QED) is 0.576. The van der Waals surface area contributed by atoms with Crippen LogP contribution in [0.5, 0.6) is 0 Å². The number of benzene rings is 1. The van der Waals surface area contributed by atoms with Crippen LogP contribution in [0.15, 0.2) is 45.3 Å². The van der Waals surface area contributed by atoms with Gasteiger partial charge in [-0.1, -0.05) is 38.8 Å². The van der Waals surface area contributed by atoms with Crippen LogP contribution in [0.3, 0.4) is 0 Å². The number of unbranched alkanes of at least 4 members (excludes halogenated alkanes) is 2. The Morgan fingerprint density at radius 2 is 1.72 bits per heavy atom. The summed E-state index contributed by atoms with van der Waals surface area (Å²) in [7, 11) is 0. The van der Waals surface area contributed by atoms with Crippen LogP contribution in [-0.2, 0) is 24.3 Å². The number of anilines is 1. The molecule has 0 aliphatic rings. The molecular formula is C22H27N3O3S. The van der Waals surface area contributed by atoms with Crippen molar-refractivity contribution in [2.45, 2.75) is 59.0 Å². The number of amides is 1. The van der Waals surface area contributed by atoms with E-state index in [0.29, 0.717) is 22.4 Å². The number of hydrogen-bond acceptors (Lipinski definition) is 4. The number of aryl methyl sites for hydroxylation is 1. The molecule has 29 heavy (non-hydrogen) atoms. The molecular weight excluding hydrogens is 386 g/mol. The first-order chi connectivity index (χ1) is 14.0. The Balaban J connectivity index is 1.82. The second-order valence-electron chi connectivity index (χ2n) is 7.16. The predicted octanol–water partition coefficient (Wildman–Crippen LogP) is 4.01. The Morgan fingerprint density at radius 3 is 2.41 bits per heavy atom. The van der Waals surface area contributed by atoms with Crippen molar-refractivity contribution in [2.24, 2.45) is 0 Å². The monoisotopic (exact) mass is 413 g/mol. The standard InChI is InChI=1S/C22H27N3O3S/c1-3-5-7-16-8-10-17(11-9-16)23-19(26)15-25-18-12-14-29-20(18)21(27)24(22(25)28)13-6-4-2/h8-12,14H,3-7,13,15H2,1-2H3,(H,23,26). The summed E-state index contributed by atoms with van der Waals surface area (Å²) in [4.78, 5) is 38.1. The van der Waals surface area contributed by atoms with E-state index in [1.165, 1.54) is 26.0 Å². The summed E-state index contributed by atoms with van der Waals surface area (Å²) in [6.45, 7) is 4.40. The van der Waals surface area contributed by atoms with Crippen molar-refractivity contribution in [3.63, 3.8) is 0 Å². The van der Waals surface area contributed by atoms with Crippen LogP contribution in [0.25, 0.3) is 10.2 Å². The molecule has 1 aromatic carbocycles. The summed E-state index contributed by atoms with van der Waals surface area (Å²) in [5.41, 5.74) is 1.75. The molecule has 0 saturated heterocycles. The molecule has 0 aliphatic heterocycles. The lowest BCUT2D eigenvalue weighted by Gasteiger charge is -2.12. The second kappa shape index (κ2) is 9.69. The molecule has 0 saturated carbocycles. The smallest absolute Gasteiger partial charge is 0.325 e. The van der Waals surface area contributed by atoms with Crippen molar-refractivity contribution >= 4 is 33.1 Å². The number of carbonyl (C=O) groups is 1. The Kier molecular flexibility index (Phi) is 7.04. The second-order valence-corrected chi connectivity index (χ2v) is 8.08. The van der Waals surface area contributed by atoms with E-state index in [1.54, 1.807) is 11.4 Å². The van der Waals surface area contributed by atoms with E-state index in [2.05, 4.69) is 12.2 Å². The van der Waals surface area contributed by atoms with Crippen molar-refractivity contribution in [1.29, 1.82) is 0 Å². The molecule has 6 nitrogen and oxygen atoms in total. The lowest BCUT2D eigenvalue weighted by Crippen LogP contribution is -2.41. The minimum atomic E-state index is -0.431. The number of thiophene rings is 1. The molecule has 0 unspecified atom stereocenters. The van der Waals surface area contributed by atoms with E-state index in [9.17, 15) is 14.4 Å². The van der Waals surface area contributed by atoms with Crippen molar-refractivity contribution < 1.29 is 4.79 Å². The van der Waals surface area contributed by atoms with Gasteiger partial charge in [0, 0.05) is 12.2 Å². The molecule has 0 spiro atoms. The molecule has 1 N–H and O–H groups in total. The minimum absolute atomic E-state index is 0.129. The first kappa shape index (κ1) is 21.0.